The van der Waals surface area contributed by atoms with Crippen LogP contribution < -0.4 is 5.32 Å². The van der Waals surface area contributed by atoms with Crippen LogP contribution in [-0.4, -0.2) is 18.3 Å². The SMILES string of the molecule is CCCCNC(=O)O/N=C(\C)c1ccc2ccccc2c1. The molecule has 2 aromatic carbocycles. The summed E-state index contributed by atoms with van der Waals surface area (Å²) in [4.78, 5) is 16.3. The summed E-state index contributed by atoms with van der Waals surface area (Å²) >= 11 is 0. The molecule has 0 aromatic heterocycles. The number of fused-ring (bicyclic) bond motifs is 1. The monoisotopic (exact) mass is 284 g/mol. The Morgan fingerprint density at radius 1 is 1.19 bits per heavy atom. The van der Waals surface area contributed by atoms with Crippen LogP contribution in [0.2, 0.25) is 0 Å². The molecule has 0 bridgehead atoms. The number of hydrogen-bond acceptors (Lipinski definition) is 3. The molecule has 4 nitrogen and oxygen atoms in total. The maximum Gasteiger partial charge on any atom is 0.433 e. The Labute approximate surface area is 124 Å². The third kappa shape index (κ3) is 4.31. The molecule has 0 fully saturated rings. The summed E-state index contributed by atoms with van der Waals surface area (Å²) in [6, 6.07) is 14.1. The first kappa shape index (κ1) is 15.0. The van der Waals surface area contributed by atoms with Gasteiger partial charge in [-0.2, -0.15) is 0 Å². The molecule has 0 unspecified atom stereocenters. The van der Waals surface area contributed by atoms with Crippen LogP contribution in [0.4, 0.5) is 4.79 Å². The van der Waals surface area contributed by atoms with Crippen LogP contribution in [0.5, 0.6) is 0 Å². The number of rotatable bonds is 5. The molecule has 0 aliphatic carbocycles. The number of hydrogen-bond donors (Lipinski definition) is 1. The molecule has 0 atom stereocenters. The number of amides is 1. The molecule has 0 heterocycles. The number of oxime groups is 1. The summed E-state index contributed by atoms with van der Waals surface area (Å²) in [5.41, 5.74) is 1.61. The van der Waals surface area contributed by atoms with Crippen molar-refractivity contribution in [2.24, 2.45) is 5.16 Å². The fourth-order valence-corrected chi connectivity index (χ4v) is 1.98. The molecule has 0 aliphatic rings. The van der Waals surface area contributed by atoms with Gasteiger partial charge in [-0.15, -0.1) is 0 Å². The average molecular weight is 284 g/mol. The molecule has 0 saturated carbocycles. The fraction of sp³-hybridized carbons (Fsp3) is 0.294. The Morgan fingerprint density at radius 2 is 1.95 bits per heavy atom. The Balaban J connectivity index is 2.01. The van der Waals surface area contributed by atoms with Gasteiger partial charge >= 0.3 is 6.09 Å². The Kier molecular flexibility index (Phi) is 5.32. The van der Waals surface area contributed by atoms with E-state index < -0.39 is 6.09 Å². The van der Waals surface area contributed by atoms with Gasteiger partial charge < -0.3 is 5.32 Å². The lowest BCUT2D eigenvalue weighted by Gasteiger charge is -2.04. The molecule has 0 radical (unpaired) electrons. The highest BCUT2D eigenvalue weighted by molar-refractivity contribution is 6.01. The minimum Gasteiger partial charge on any atom is -0.320 e. The van der Waals surface area contributed by atoms with Crippen molar-refractivity contribution >= 4 is 22.6 Å². The lowest BCUT2D eigenvalue weighted by molar-refractivity contribution is 0.150. The normalized spacial score (nSPS) is 11.4. The van der Waals surface area contributed by atoms with Gasteiger partial charge in [-0.1, -0.05) is 54.9 Å². The number of nitrogens with zero attached hydrogens (tertiary/aromatic N) is 1. The average Bonchev–Trinajstić information content (AvgIpc) is 2.52. The van der Waals surface area contributed by atoms with Crippen molar-refractivity contribution in [1.29, 1.82) is 0 Å². The zero-order valence-electron chi connectivity index (χ0n) is 12.4. The summed E-state index contributed by atoms with van der Waals surface area (Å²) in [5, 5.41) is 8.85. The van der Waals surface area contributed by atoms with Crippen molar-refractivity contribution in [3.8, 4) is 0 Å². The van der Waals surface area contributed by atoms with Gasteiger partial charge in [0.15, 0.2) is 0 Å². The van der Waals surface area contributed by atoms with Crippen molar-refractivity contribution in [3.05, 3.63) is 48.0 Å². The standard InChI is InChI=1S/C17H20N2O2/c1-3-4-11-18-17(20)21-19-13(2)15-10-9-14-7-5-6-8-16(14)12-15/h5-10,12H,3-4,11H2,1-2H3,(H,18,20)/b19-13+. The van der Waals surface area contributed by atoms with Gasteiger partial charge in [-0.25, -0.2) is 4.79 Å². The Hall–Kier alpha value is -2.36. The van der Waals surface area contributed by atoms with Crippen molar-refractivity contribution in [2.75, 3.05) is 6.54 Å². The van der Waals surface area contributed by atoms with Gasteiger partial charge in [-0.05, 0) is 35.7 Å². The van der Waals surface area contributed by atoms with Gasteiger partial charge in [-0.3, -0.25) is 4.84 Å². The van der Waals surface area contributed by atoms with E-state index in [9.17, 15) is 4.79 Å². The van der Waals surface area contributed by atoms with E-state index in [1.54, 1.807) is 0 Å². The fourth-order valence-electron chi connectivity index (χ4n) is 1.98. The van der Waals surface area contributed by atoms with Crippen molar-refractivity contribution in [1.82, 2.24) is 5.32 Å². The second-order valence-corrected chi connectivity index (χ2v) is 4.90. The lowest BCUT2D eigenvalue weighted by atomic mass is 10.0. The Morgan fingerprint density at radius 3 is 2.71 bits per heavy atom. The lowest BCUT2D eigenvalue weighted by Crippen LogP contribution is -2.24. The molecular formula is C17H20N2O2. The van der Waals surface area contributed by atoms with E-state index in [-0.39, 0.29) is 0 Å². The van der Waals surface area contributed by atoms with Crippen LogP contribution in [0.1, 0.15) is 32.3 Å². The highest BCUT2D eigenvalue weighted by atomic mass is 16.7. The number of benzene rings is 2. The molecule has 0 spiro atoms. The van der Waals surface area contributed by atoms with Gasteiger partial charge in [0.05, 0.1) is 5.71 Å². The molecule has 0 aliphatic heterocycles. The van der Waals surface area contributed by atoms with Gasteiger partial charge in [0, 0.05) is 6.54 Å². The molecule has 1 N–H and O–H groups in total. The largest absolute Gasteiger partial charge is 0.433 e. The summed E-state index contributed by atoms with van der Waals surface area (Å²) in [6.45, 7) is 4.50. The minimum atomic E-state index is -0.511. The van der Waals surface area contributed by atoms with E-state index in [2.05, 4.69) is 23.5 Å². The third-order valence-corrected chi connectivity index (χ3v) is 3.23. The maximum atomic E-state index is 11.4. The van der Waals surface area contributed by atoms with Gasteiger partial charge in [0.25, 0.3) is 0 Å². The van der Waals surface area contributed by atoms with E-state index in [1.165, 1.54) is 5.39 Å². The second kappa shape index (κ2) is 7.43. The highest BCUT2D eigenvalue weighted by Crippen LogP contribution is 2.16. The zero-order chi connectivity index (χ0) is 15.1. The summed E-state index contributed by atoms with van der Waals surface area (Å²) in [6.07, 6.45) is 1.45. The number of carbonyl (C=O) groups is 1. The quantitative estimate of drug-likeness (QED) is 0.389. The minimum absolute atomic E-state index is 0.511. The summed E-state index contributed by atoms with van der Waals surface area (Å²) < 4.78 is 0. The van der Waals surface area contributed by atoms with Crippen LogP contribution in [0, 0.1) is 0 Å². The van der Waals surface area contributed by atoms with Crippen LogP contribution in [0.25, 0.3) is 10.8 Å². The third-order valence-electron chi connectivity index (χ3n) is 3.23. The van der Waals surface area contributed by atoms with Crippen LogP contribution in [0.15, 0.2) is 47.6 Å². The first-order valence-electron chi connectivity index (χ1n) is 7.19. The number of nitrogens with one attached hydrogen (secondary N) is 1. The highest BCUT2D eigenvalue weighted by Gasteiger charge is 2.03. The van der Waals surface area contributed by atoms with Crippen molar-refractivity contribution in [3.63, 3.8) is 0 Å². The van der Waals surface area contributed by atoms with Crippen LogP contribution in [-0.2, 0) is 4.84 Å². The maximum absolute atomic E-state index is 11.4. The van der Waals surface area contributed by atoms with E-state index in [0.717, 1.165) is 23.8 Å². The second-order valence-electron chi connectivity index (χ2n) is 4.90. The van der Waals surface area contributed by atoms with E-state index in [1.807, 2.05) is 43.3 Å². The number of unbranched alkanes of at least 4 members (excludes halogenated alkanes) is 1. The van der Waals surface area contributed by atoms with Gasteiger partial charge in [0.1, 0.15) is 0 Å². The van der Waals surface area contributed by atoms with Crippen LogP contribution in [0.3, 0.4) is 0 Å². The molecule has 110 valence electrons. The predicted octanol–water partition coefficient (Wildman–Crippen LogP) is 4.09. The van der Waals surface area contributed by atoms with Crippen molar-refractivity contribution in [2.45, 2.75) is 26.7 Å². The molecule has 4 heteroatoms. The molecule has 1 amide bonds. The first-order valence-corrected chi connectivity index (χ1v) is 7.19. The first-order chi connectivity index (χ1) is 10.2. The predicted molar refractivity (Wildman–Crippen MR) is 85.6 cm³/mol. The van der Waals surface area contributed by atoms with Crippen molar-refractivity contribution < 1.29 is 9.63 Å². The van der Waals surface area contributed by atoms with Gasteiger partial charge in [0.2, 0.25) is 0 Å². The van der Waals surface area contributed by atoms with E-state index in [4.69, 9.17) is 4.84 Å². The molecule has 2 aromatic rings. The summed E-state index contributed by atoms with van der Waals surface area (Å²) in [7, 11) is 0. The van der Waals surface area contributed by atoms with E-state index >= 15 is 0 Å². The van der Waals surface area contributed by atoms with Crippen LogP contribution >= 0.6 is 0 Å². The smallest absolute Gasteiger partial charge is 0.320 e. The number of carbonyl (C=O) groups excluding carboxylic acids is 1. The molecular weight excluding hydrogens is 264 g/mol. The summed E-state index contributed by atoms with van der Waals surface area (Å²) in [5.74, 6) is 0. The van der Waals surface area contributed by atoms with E-state index in [0.29, 0.717) is 12.3 Å². The zero-order valence-corrected chi connectivity index (χ0v) is 12.4. The molecule has 2 rings (SSSR count). The molecule has 21 heavy (non-hydrogen) atoms. The topological polar surface area (TPSA) is 50.7 Å². The Bertz CT molecular complexity index is 650. The molecule has 0 saturated heterocycles.